The molecule has 0 aliphatic carbocycles. The highest BCUT2D eigenvalue weighted by atomic mass is 16.5. The molecule has 1 aliphatic heterocycles. The molecule has 2 N–H and O–H groups in total. The lowest BCUT2D eigenvalue weighted by atomic mass is 9.88. The highest BCUT2D eigenvalue weighted by Crippen LogP contribution is 2.24. The zero-order valence-corrected chi connectivity index (χ0v) is 20.5. The van der Waals surface area contributed by atoms with Gasteiger partial charge in [-0.25, -0.2) is 0 Å². The molecule has 1 heterocycles. The van der Waals surface area contributed by atoms with Gasteiger partial charge in [-0.15, -0.1) is 0 Å². The number of nitrogens with one attached hydrogen (secondary N) is 2. The SMILES string of the molecule is CC[C@@H](C)NC(=O)[C@@H](NC(=O)c1ccc(OC)cc1)C1CCN(C(=O)c2ccccc2C)CC1. The Morgan fingerprint density at radius 3 is 2.26 bits per heavy atom. The van der Waals surface area contributed by atoms with Crippen molar-refractivity contribution in [3.8, 4) is 5.75 Å². The summed E-state index contributed by atoms with van der Waals surface area (Å²) in [7, 11) is 1.57. The Hall–Kier alpha value is -3.35. The Morgan fingerprint density at radius 2 is 1.68 bits per heavy atom. The van der Waals surface area contributed by atoms with Gasteiger partial charge in [0.25, 0.3) is 11.8 Å². The monoisotopic (exact) mass is 465 g/mol. The van der Waals surface area contributed by atoms with Gasteiger partial charge in [0.2, 0.25) is 5.91 Å². The smallest absolute Gasteiger partial charge is 0.254 e. The molecule has 0 spiro atoms. The summed E-state index contributed by atoms with van der Waals surface area (Å²) in [5.74, 6) is 0.130. The van der Waals surface area contributed by atoms with Crippen molar-refractivity contribution in [2.75, 3.05) is 20.2 Å². The molecule has 0 bridgehead atoms. The molecule has 7 nitrogen and oxygen atoms in total. The van der Waals surface area contributed by atoms with Crippen molar-refractivity contribution >= 4 is 17.7 Å². The summed E-state index contributed by atoms with van der Waals surface area (Å²) in [6, 6.07) is 13.7. The number of carbonyl (C=O) groups is 3. The van der Waals surface area contributed by atoms with E-state index in [-0.39, 0.29) is 29.7 Å². The van der Waals surface area contributed by atoms with Crippen LogP contribution < -0.4 is 15.4 Å². The average Bonchev–Trinajstić information content (AvgIpc) is 2.87. The van der Waals surface area contributed by atoms with E-state index in [2.05, 4.69) is 10.6 Å². The maximum absolute atomic E-state index is 13.1. The second-order valence-electron chi connectivity index (χ2n) is 8.94. The van der Waals surface area contributed by atoms with Gasteiger partial charge in [-0.3, -0.25) is 14.4 Å². The van der Waals surface area contributed by atoms with E-state index in [0.717, 1.165) is 12.0 Å². The first-order valence-electron chi connectivity index (χ1n) is 11.9. The predicted molar refractivity (Wildman–Crippen MR) is 132 cm³/mol. The van der Waals surface area contributed by atoms with Crippen molar-refractivity contribution in [3.05, 3.63) is 65.2 Å². The lowest BCUT2D eigenvalue weighted by Gasteiger charge is -2.36. The van der Waals surface area contributed by atoms with Crippen molar-refractivity contribution in [1.82, 2.24) is 15.5 Å². The highest BCUT2D eigenvalue weighted by molar-refractivity contribution is 5.98. The molecular formula is C27H35N3O4. The molecule has 1 fully saturated rings. The minimum Gasteiger partial charge on any atom is -0.497 e. The molecular weight excluding hydrogens is 430 g/mol. The van der Waals surface area contributed by atoms with Crippen molar-refractivity contribution in [3.63, 3.8) is 0 Å². The summed E-state index contributed by atoms with van der Waals surface area (Å²) in [6.07, 6.45) is 2.08. The van der Waals surface area contributed by atoms with E-state index >= 15 is 0 Å². The van der Waals surface area contributed by atoms with E-state index in [1.165, 1.54) is 0 Å². The van der Waals surface area contributed by atoms with Crippen molar-refractivity contribution in [2.45, 2.75) is 52.1 Å². The molecule has 0 saturated carbocycles. The van der Waals surface area contributed by atoms with Crippen LogP contribution in [0.5, 0.6) is 5.75 Å². The van der Waals surface area contributed by atoms with Crippen molar-refractivity contribution in [2.24, 2.45) is 5.92 Å². The van der Waals surface area contributed by atoms with Gasteiger partial charge in [-0.05, 0) is 74.9 Å². The van der Waals surface area contributed by atoms with E-state index in [9.17, 15) is 14.4 Å². The van der Waals surface area contributed by atoms with Crippen LogP contribution in [0.4, 0.5) is 0 Å². The number of aryl methyl sites for hydroxylation is 1. The Balaban J connectivity index is 1.71. The zero-order valence-electron chi connectivity index (χ0n) is 20.5. The van der Waals surface area contributed by atoms with Gasteiger partial charge in [0.1, 0.15) is 11.8 Å². The standard InChI is InChI=1S/C27H35N3O4/c1-5-19(3)28-26(32)24(29-25(31)21-10-12-22(34-4)13-11-21)20-14-16-30(17-15-20)27(33)23-9-7-6-8-18(23)2/h6-13,19-20,24H,5,14-17H2,1-4H3,(H,28,32)(H,29,31)/t19-,24+/m1/s1. The third-order valence-corrected chi connectivity index (χ3v) is 6.60. The Labute approximate surface area is 201 Å². The molecule has 1 saturated heterocycles. The van der Waals surface area contributed by atoms with E-state index < -0.39 is 6.04 Å². The number of hydrogen-bond acceptors (Lipinski definition) is 4. The molecule has 182 valence electrons. The number of rotatable bonds is 8. The van der Waals surface area contributed by atoms with Gasteiger partial charge >= 0.3 is 0 Å². The highest BCUT2D eigenvalue weighted by Gasteiger charge is 2.34. The van der Waals surface area contributed by atoms with Crippen LogP contribution in [-0.4, -0.2) is 54.9 Å². The fraction of sp³-hybridized carbons (Fsp3) is 0.444. The predicted octanol–water partition coefficient (Wildman–Crippen LogP) is 3.57. The fourth-order valence-corrected chi connectivity index (χ4v) is 4.22. The second-order valence-corrected chi connectivity index (χ2v) is 8.94. The topological polar surface area (TPSA) is 87.7 Å². The second kappa shape index (κ2) is 11.7. The fourth-order valence-electron chi connectivity index (χ4n) is 4.22. The van der Waals surface area contributed by atoms with Crippen LogP contribution in [0.2, 0.25) is 0 Å². The summed E-state index contributed by atoms with van der Waals surface area (Å²) >= 11 is 0. The van der Waals surface area contributed by atoms with Gasteiger partial charge < -0.3 is 20.3 Å². The summed E-state index contributed by atoms with van der Waals surface area (Å²) in [5.41, 5.74) is 2.13. The van der Waals surface area contributed by atoms with Gasteiger partial charge in [0, 0.05) is 30.3 Å². The molecule has 2 atom stereocenters. The van der Waals surface area contributed by atoms with Crippen LogP contribution in [0.1, 0.15) is 59.4 Å². The number of benzene rings is 2. The molecule has 1 aliphatic rings. The van der Waals surface area contributed by atoms with E-state index in [1.54, 1.807) is 31.4 Å². The molecule has 0 radical (unpaired) electrons. The maximum atomic E-state index is 13.1. The average molecular weight is 466 g/mol. The normalized spacial score (nSPS) is 15.8. The lowest BCUT2D eigenvalue weighted by molar-refractivity contribution is -0.125. The molecule has 2 aromatic carbocycles. The number of amides is 3. The van der Waals surface area contributed by atoms with Crippen LogP contribution in [0.25, 0.3) is 0 Å². The van der Waals surface area contributed by atoms with Crippen molar-refractivity contribution < 1.29 is 19.1 Å². The van der Waals surface area contributed by atoms with Crippen LogP contribution in [-0.2, 0) is 4.79 Å². The quantitative estimate of drug-likeness (QED) is 0.624. The molecule has 0 aromatic heterocycles. The molecule has 34 heavy (non-hydrogen) atoms. The minimum absolute atomic E-state index is 0.00983. The zero-order chi connectivity index (χ0) is 24.7. The number of methoxy groups -OCH3 is 1. The van der Waals surface area contributed by atoms with Crippen LogP contribution >= 0.6 is 0 Å². The van der Waals surface area contributed by atoms with Crippen molar-refractivity contribution in [1.29, 1.82) is 0 Å². The van der Waals surface area contributed by atoms with Crippen LogP contribution in [0.3, 0.4) is 0 Å². The van der Waals surface area contributed by atoms with Gasteiger partial charge in [-0.1, -0.05) is 25.1 Å². The summed E-state index contributed by atoms with van der Waals surface area (Å²) in [6.45, 7) is 6.98. The van der Waals surface area contributed by atoms with Gasteiger partial charge in [0.05, 0.1) is 7.11 Å². The first-order valence-corrected chi connectivity index (χ1v) is 11.9. The van der Waals surface area contributed by atoms with E-state index in [1.807, 2.05) is 49.9 Å². The van der Waals surface area contributed by atoms with Crippen LogP contribution in [0, 0.1) is 12.8 Å². The first kappa shape index (κ1) is 25.3. The number of carbonyl (C=O) groups excluding carboxylic acids is 3. The molecule has 3 amide bonds. The number of ether oxygens (including phenoxy) is 1. The Bertz CT molecular complexity index is 997. The van der Waals surface area contributed by atoms with E-state index in [4.69, 9.17) is 4.74 Å². The Kier molecular flexibility index (Phi) is 8.68. The summed E-state index contributed by atoms with van der Waals surface area (Å²) < 4.78 is 5.16. The number of piperidine rings is 1. The van der Waals surface area contributed by atoms with E-state index in [0.29, 0.717) is 42.8 Å². The first-order chi connectivity index (χ1) is 16.3. The molecule has 0 unspecified atom stereocenters. The molecule has 3 rings (SSSR count). The molecule has 7 heteroatoms. The minimum atomic E-state index is -0.667. The van der Waals surface area contributed by atoms with Crippen LogP contribution in [0.15, 0.2) is 48.5 Å². The number of likely N-dealkylation sites (tertiary alicyclic amines) is 1. The summed E-state index contributed by atoms with van der Waals surface area (Å²) in [5, 5.41) is 5.97. The molecule has 2 aromatic rings. The maximum Gasteiger partial charge on any atom is 0.254 e. The largest absolute Gasteiger partial charge is 0.497 e. The number of hydrogen-bond donors (Lipinski definition) is 2. The third kappa shape index (κ3) is 6.16. The number of nitrogens with zero attached hydrogens (tertiary/aromatic N) is 1. The summed E-state index contributed by atoms with van der Waals surface area (Å²) in [4.78, 5) is 40.9. The van der Waals surface area contributed by atoms with Gasteiger partial charge in [-0.2, -0.15) is 0 Å². The Morgan fingerprint density at radius 1 is 1.03 bits per heavy atom. The third-order valence-electron chi connectivity index (χ3n) is 6.60. The lowest BCUT2D eigenvalue weighted by Crippen LogP contribution is -2.55. The van der Waals surface area contributed by atoms with Gasteiger partial charge in [0.15, 0.2) is 0 Å².